The van der Waals surface area contributed by atoms with Gasteiger partial charge in [0.05, 0.1) is 12.8 Å². The number of carbonyl (C=O) groups excluding carboxylic acids is 1. The van der Waals surface area contributed by atoms with Crippen molar-refractivity contribution >= 4 is 27.8 Å². The summed E-state index contributed by atoms with van der Waals surface area (Å²) in [6.07, 6.45) is 5.10. The normalized spacial score (nSPS) is 16.9. The molecule has 0 radical (unpaired) electrons. The van der Waals surface area contributed by atoms with E-state index in [1.54, 1.807) is 18.7 Å². The van der Waals surface area contributed by atoms with E-state index in [1.165, 1.54) is 0 Å². The van der Waals surface area contributed by atoms with Gasteiger partial charge in [0.2, 0.25) is 0 Å². The van der Waals surface area contributed by atoms with Crippen LogP contribution in [-0.2, 0) is 14.8 Å². The summed E-state index contributed by atoms with van der Waals surface area (Å²) in [5, 5.41) is 5.73. The van der Waals surface area contributed by atoms with Gasteiger partial charge >= 0.3 is 5.97 Å². The van der Waals surface area contributed by atoms with Crippen molar-refractivity contribution in [1.82, 2.24) is 14.9 Å². The molecule has 0 aromatic carbocycles. The maximum atomic E-state index is 12.2. The minimum atomic E-state index is -3.80. The molecule has 9 heteroatoms. The van der Waals surface area contributed by atoms with Crippen LogP contribution in [0.5, 0.6) is 0 Å². The van der Waals surface area contributed by atoms with Crippen molar-refractivity contribution in [2.75, 3.05) is 19.4 Å². The maximum Gasteiger partial charge on any atom is 0.342 e. The minimum absolute atomic E-state index is 0.00280. The lowest BCUT2D eigenvalue weighted by Gasteiger charge is -2.13. The molecule has 1 fully saturated rings. The monoisotopic (exact) mass is 319 g/mol. The summed E-state index contributed by atoms with van der Waals surface area (Å²) in [5.74, 6) is -0.701. The Bertz CT molecular complexity index is 593. The molecule has 112 valence electrons. The number of hydrogen-bond donors (Lipinski definition) is 2. The molecule has 20 heavy (non-hydrogen) atoms. The smallest absolute Gasteiger partial charge is 0.342 e. The lowest BCUT2D eigenvalue weighted by molar-refractivity contribution is 0.0522. The first-order valence-corrected chi connectivity index (χ1v) is 8.90. The molecule has 0 amide bonds. The number of H-pyrrole nitrogens is 1. The Morgan fingerprint density at radius 3 is 2.85 bits per heavy atom. The zero-order valence-electron chi connectivity index (χ0n) is 11.3. The first-order chi connectivity index (χ1) is 9.44. The standard InChI is InChI=1S/C11H17N3O4S2/c1-3-18-10(15)8-6-12-14-9(8)20(16,17)13-7-11(19-2)4-5-11/h6,13H,3-5,7H2,1-2H3,(H,12,14). The van der Waals surface area contributed by atoms with Crippen LogP contribution in [0.2, 0.25) is 0 Å². The number of hydrogen-bond acceptors (Lipinski definition) is 6. The summed E-state index contributed by atoms with van der Waals surface area (Å²) in [6, 6.07) is 0. The Hall–Kier alpha value is -1.06. The van der Waals surface area contributed by atoms with Gasteiger partial charge < -0.3 is 4.74 Å². The van der Waals surface area contributed by atoms with Gasteiger partial charge in [0, 0.05) is 11.3 Å². The van der Waals surface area contributed by atoms with E-state index in [9.17, 15) is 13.2 Å². The van der Waals surface area contributed by atoms with E-state index in [2.05, 4.69) is 14.9 Å². The lowest BCUT2D eigenvalue weighted by atomic mass is 10.4. The molecule has 0 atom stereocenters. The van der Waals surface area contributed by atoms with Gasteiger partial charge in [-0.15, -0.1) is 0 Å². The molecule has 0 unspecified atom stereocenters. The van der Waals surface area contributed by atoms with Gasteiger partial charge in [0.15, 0.2) is 5.03 Å². The van der Waals surface area contributed by atoms with Gasteiger partial charge in [0.1, 0.15) is 5.56 Å². The average molecular weight is 319 g/mol. The molecule has 1 saturated carbocycles. The fourth-order valence-corrected chi connectivity index (χ4v) is 3.75. The third kappa shape index (κ3) is 3.15. The number of rotatable bonds is 7. The number of esters is 1. The van der Waals surface area contributed by atoms with Crippen molar-refractivity contribution in [2.24, 2.45) is 0 Å². The van der Waals surface area contributed by atoms with E-state index in [0.29, 0.717) is 6.54 Å². The highest BCUT2D eigenvalue weighted by Gasteiger charge is 2.43. The molecular formula is C11H17N3O4S2. The molecule has 2 rings (SSSR count). The molecule has 0 spiro atoms. The first-order valence-electron chi connectivity index (χ1n) is 6.19. The van der Waals surface area contributed by atoms with Crippen LogP contribution in [0.15, 0.2) is 11.2 Å². The summed E-state index contributed by atoms with van der Waals surface area (Å²) in [6.45, 7) is 2.17. The molecule has 1 aliphatic carbocycles. The van der Waals surface area contributed by atoms with E-state index >= 15 is 0 Å². The van der Waals surface area contributed by atoms with Gasteiger partial charge in [-0.1, -0.05) is 0 Å². The highest BCUT2D eigenvalue weighted by atomic mass is 32.2. The van der Waals surface area contributed by atoms with Gasteiger partial charge in [-0.25, -0.2) is 17.9 Å². The second-order valence-electron chi connectivity index (χ2n) is 4.54. The predicted octanol–water partition coefficient (Wildman–Crippen LogP) is 0.760. The summed E-state index contributed by atoms with van der Waals surface area (Å²) in [5.41, 5.74) is -0.0756. The molecule has 7 nitrogen and oxygen atoms in total. The molecule has 0 aliphatic heterocycles. The number of aromatic amines is 1. The van der Waals surface area contributed by atoms with E-state index in [-0.39, 0.29) is 21.9 Å². The van der Waals surface area contributed by atoms with Crippen LogP contribution >= 0.6 is 11.8 Å². The number of aromatic nitrogens is 2. The van der Waals surface area contributed by atoms with Crippen molar-refractivity contribution in [3.05, 3.63) is 11.8 Å². The fourth-order valence-electron chi connectivity index (χ4n) is 1.72. The second-order valence-corrected chi connectivity index (χ2v) is 7.52. The Labute approximate surface area is 121 Å². The van der Waals surface area contributed by atoms with Crippen molar-refractivity contribution < 1.29 is 17.9 Å². The summed E-state index contributed by atoms with van der Waals surface area (Å²) < 4.78 is 31.8. The zero-order chi connectivity index (χ0) is 14.8. The van der Waals surface area contributed by atoms with E-state index in [1.807, 2.05) is 6.26 Å². The van der Waals surface area contributed by atoms with Gasteiger partial charge in [-0.3, -0.25) is 5.10 Å². The van der Waals surface area contributed by atoms with Gasteiger partial charge in [-0.2, -0.15) is 16.9 Å². The number of carbonyl (C=O) groups is 1. The van der Waals surface area contributed by atoms with Crippen LogP contribution in [0.25, 0.3) is 0 Å². The molecule has 2 N–H and O–H groups in total. The second kappa shape index (κ2) is 5.74. The third-order valence-corrected chi connectivity index (χ3v) is 5.99. The van der Waals surface area contributed by atoms with Crippen LogP contribution in [0, 0.1) is 0 Å². The van der Waals surface area contributed by atoms with Crippen molar-refractivity contribution in [3.63, 3.8) is 0 Å². The number of nitrogens with zero attached hydrogens (tertiary/aromatic N) is 1. The number of sulfonamides is 1. The molecule has 1 aromatic rings. The van der Waals surface area contributed by atoms with E-state index in [4.69, 9.17) is 4.74 Å². The molecular weight excluding hydrogens is 302 g/mol. The Balaban J connectivity index is 2.13. The Morgan fingerprint density at radius 2 is 2.30 bits per heavy atom. The topological polar surface area (TPSA) is 101 Å². The molecule has 0 saturated heterocycles. The Morgan fingerprint density at radius 1 is 1.60 bits per heavy atom. The highest BCUT2D eigenvalue weighted by Crippen LogP contribution is 2.46. The largest absolute Gasteiger partial charge is 0.462 e. The maximum absolute atomic E-state index is 12.2. The third-order valence-electron chi connectivity index (χ3n) is 3.19. The van der Waals surface area contributed by atoms with Crippen molar-refractivity contribution in [2.45, 2.75) is 29.5 Å². The highest BCUT2D eigenvalue weighted by molar-refractivity contribution is 8.00. The zero-order valence-corrected chi connectivity index (χ0v) is 12.9. The van der Waals surface area contributed by atoms with E-state index in [0.717, 1.165) is 19.0 Å². The molecule has 1 aromatic heterocycles. The minimum Gasteiger partial charge on any atom is -0.462 e. The van der Waals surface area contributed by atoms with Gasteiger partial charge in [-0.05, 0) is 26.0 Å². The average Bonchev–Trinajstić information content (AvgIpc) is 3.02. The molecule has 1 heterocycles. The van der Waals surface area contributed by atoms with Crippen LogP contribution in [0.4, 0.5) is 0 Å². The fraction of sp³-hybridized carbons (Fsp3) is 0.636. The summed E-state index contributed by atoms with van der Waals surface area (Å²) in [4.78, 5) is 11.7. The van der Waals surface area contributed by atoms with Crippen LogP contribution < -0.4 is 4.72 Å². The Kier molecular flexibility index (Phi) is 4.40. The number of thioether (sulfide) groups is 1. The molecule has 1 aliphatic rings. The molecule has 0 bridgehead atoms. The number of ether oxygens (including phenoxy) is 1. The summed E-state index contributed by atoms with van der Waals surface area (Å²) in [7, 11) is -3.80. The SMILES string of the molecule is CCOC(=O)c1cn[nH]c1S(=O)(=O)NCC1(SC)CC1. The van der Waals surface area contributed by atoms with Crippen LogP contribution in [0.1, 0.15) is 30.1 Å². The quantitative estimate of drug-likeness (QED) is 0.720. The van der Waals surface area contributed by atoms with E-state index < -0.39 is 16.0 Å². The summed E-state index contributed by atoms with van der Waals surface area (Å²) >= 11 is 1.65. The van der Waals surface area contributed by atoms with Crippen molar-refractivity contribution in [1.29, 1.82) is 0 Å². The van der Waals surface area contributed by atoms with Crippen LogP contribution in [0.3, 0.4) is 0 Å². The van der Waals surface area contributed by atoms with Crippen LogP contribution in [-0.4, -0.2) is 48.7 Å². The lowest BCUT2D eigenvalue weighted by Crippen LogP contribution is -2.32. The first kappa shape index (κ1) is 15.3. The predicted molar refractivity (Wildman–Crippen MR) is 75.2 cm³/mol. The number of nitrogens with one attached hydrogen (secondary N) is 2. The van der Waals surface area contributed by atoms with Gasteiger partial charge in [0.25, 0.3) is 10.0 Å². The van der Waals surface area contributed by atoms with Crippen molar-refractivity contribution in [3.8, 4) is 0 Å².